The molecule has 0 fully saturated rings. The summed E-state index contributed by atoms with van der Waals surface area (Å²) in [6, 6.07) is 0. The molecule has 86 valence electrons. The first-order valence-corrected chi connectivity index (χ1v) is 6.13. The van der Waals surface area contributed by atoms with Gasteiger partial charge in [0.2, 0.25) is 0 Å². The zero-order chi connectivity index (χ0) is 11.2. The van der Waals surface area contributed by atoms with E-state index in [4.69, 9.17) is 13.9 Å². The first-order valence-electron chi connectivity index (χ1n) is 4.67. The van der Waals surface area contributed by atoms with Gasteiger partial charge in [0.05, 0.1) is 18.8 Å². The van der Waals surface area contributed by atoms with Crippen LogP contribution in [0.4, 0.5) is 0 Å². The van der Waals surface area contributed by atoms with Crippen molar-refractivity contribution in [2.45, 2.75) is 46.8 Å². The van der Waals surface area contributed by atoms with Crippen molar-refractivity contribution in [1.29, 1.82) is 0 Å². The second-order valence-corrected chi connectivity index (χ2v) is 4.75. The highest BCUT2D eigenvalue weighted by Crippen LogP contribution is 2.50. The second kappa shape index (κ2) is 6.53. The molecule has 0 N–H and O–H groups in total. The third kappa shape index (κ3) is 6.51. The fourth-order valence-corrected chi connectivity index (χ4v) is 1.87. The predicted molar refractivity (Wildman–Crippen MR) is 52.8 cm³/mol. The van der Waals surface area contributed by atoms with E-state index in [2.05, 4.69) is 4.67 Å². The Bertz CT molecular complexity index is 192. The summed E-state index contributed by atoms with van der Waals surface area (Å²) >= 11 is 0. The molecular weight excluding hydrogens is 207 g/mol. The van der Waals surface area contributed by atoms with Crippen LogP contribution in [-0.2, 0) is 23.2 Å². The molecule has 0 aromatic carbocycles. The summed E-state index contributed by atoms with van der Waals surface area (Å²) in [5, 5.41) is 0. The lowest BCUT2D eigenvalue weighted by Gasteiger charge is -2.18. The van der Waals surface area contributed by atoms with Gasteiger partial charge in [-0.05, 0) is 34.6 Å². The molecule has 0 rings (SSSR count). The predicted octanol–water partition coefficient (Wildman–Crippen LogP) is 2.91. The Kier molecular flexibility index (Phi) is 6.57. The molecule has 0 spiro atoms. The normalized spacial score (nSPS) is 16.2. The van der Waals surface area contributed by atoms with E-state index in [-0.39, 0.29) is 18.8 Å². The molecule has 0 aliphatic rings. The van der Waals surface area contributed by atoms with Crippen molar-refractivity contribution >= 4 is 7.82 Å². The Hall–Kier alpha value is 0.0700. The number of phosphoric ester groups is 1. The highest BCUT2D eigenvalue weighted by Gasteiger charge is 2.29. The van der Waals surface area contributed by atoms with Crippen LogP contribution in [0.5, 0.6) is 0 Å². The van der Waals surface area contributed by atoms with Crippen LogP contribution in [0.2, 0.25) is 0 Å². The molecule has 6 heteroatoms. The van der Waals surface area contributed by atoms with Crippen LogP contribution in [0.1, 0.15) is 34.6 Å². The van der Waals surface area contributed by atoms with Crippen LogP contribution >= 0.6 is 7.82 Å². The summed E-state index contributed by atoms with van der Waals surface area (Å²) in [5.41, 5.74) is 0. The second-order valence-electron chi connectivity index (χ2n) is 3.24. The van der Waals surface area contributed by atoms with Gasteiger partial charge in [0.25, 0.3) is 0 Å². The number of phosphoric acid groups is 1. The van der Waals surface area contributed by atoms with Crippen molar-refractivity contribution in [3.05, 3.63) is 0 Å². The highest BCUT2D eigenvalue weighted by molar-refractivity contribution is 7.48. The molecule has 0 bridgehead atoms. The Balaban J connectivity index is 4.17. The summed E-state index contributed by atoms with van der Waals surface area (Å²) in [7, 11) is -3.55. The minimum atomic E-state index is -3.55. The van der Waals surface area contributed by atoms with E-state index in [1.54, 1.807) is 34.6 Å². The molecule has 5 nitrogen and oxygen atoms in total. The molecule has 0 aromatic heterocycles. The average molecular weight is 226 g/mol. The lowest BCUT2D eigenvalue weighted by molar-refractivity contribution is -0.253. The molecule has 0 aliphatic heterocycles. The lowest BCUT2D eigenvalue weighted by Crippen LogP contribution is -2.09. The molecular formula is C8H19O5P. The van der Waals surface area contributed by atoms with E-state index in [0.717, 1.165) is 0 Å². The van der Waals surface area contributed by atoms with Gasteiger partial charge >= 0.3 is 7.82 Å². The summed E-state index contributed by atoms with van der Waals surface area (Å²) < 4.78 is 26.3. The van der Waals surface area contributed by atoms with Gasteiger partial charge in [-0.2, -0.15) is 0 Å². The van der Waals surface area contributed by atoms with E-state index in [1.807, 2.05) is 0 Å². The summed E-state index contributed by atoms with van der Waals surface area (Å²) in [5.74, 6) is 0. The summed E-state index contributed by atoms with van der Waals surface area (Å²) in [6.45, 7) is 8.94. The smallest absolute Gasteiger partial charge is 0.286 e. The topological polar surface area (TPSA) is 54.0 Å². The van der Waals surface area contributed by atoms with Crippen molar-refractivity contribution in [2.24, 2.45) is 0 Å². The van der Waals surface area contributed by atoms with E-state index in [9.17, 15) is 4.57 Å². The van der Waals surface area contributed by atoms with Crippen LogP contribution in [0.25, 0.3) is 0 Å². The highest BCUT2D eigenvalue weighted by atomic mass is 31.2. The molecule has 14 heavy (non-hydrogen) atoms. The fraction of sp³-hybridized carbons (Fsp3) is 1.00. The van der Waals surface area contributed by atoms with E-state index >= 15 is 0 Å². The van der Waals surface area contributed by atoms with Crippen molar-refractivity contribution < 1.29 is 23.2 Å². The lowest BCUT2D eigenvalue weighted by atomic mass is 10.5. The monoisotopic (exact) mass is 226 g/mol. The third-order valence-corrected chi connectivity index (χ3v) is 2.48. The first-order chi connectivity index (χ1) is 6.39. The maximum atomic E-state index is 11.7. The van der Waals surface area contributed by atoms with Crippen LogP contribution in [0.15, 0.2) is 0 Å². The fourth-order valence-electron chi connectivity index (χ4n) is 0.625. The molecule has 0 aliphatic carbocycles. The largest absolute Gasteiger partial charge is 0.502 e. The number of hydrogen-bond donors (Lipinski definition) is 0. The quantitative estimate of drug-likeness (QED) is 0.379. The molecule has 1 unspecified atom stereocenters. The summed E-state index contributed by atoms with van der Waals surface area (Å²) in [6.07, 6.45) is -0.442. The van der Waals surface area contributed by atoms with Gasteiger partial charge in [0.1, 0.15) is 0 Å². The van der Waals surface area contributed by atoms with Crippen molar-refractivity contribution in [3.63, 3.8) is 0 Å². The van der Waals surface area contributed by atoms with Crippen molar-refractivity contribution in [2.75, 3.05) is 6.61 Å². The molecule has 0 heterocycles. The Morgan fingerprint density at radius 1 is 1.14 bits per heavy atom. The van der Waals surface area contributed by atoms with Gasteiger partial charge in [-0.1, -0.05) is 0 Å². The van der Waals surface area contributed by atoms with Crippen LogP contribution in [0, 0.1) is 0 Å². The van der Waals surface area contributed by atoms with Crippen LogP contribution in [-0.4, -0.2) is 18.8 Å². The minimum Gasteiger partial charge on any atom is -0.286 e. The maximum Gasteiger partial charge on any atom is 0.502 e. The molecule has 0 saturated heterocycles. The van der Waals surface area contributed by atoms with Crippen LogP contribution < -0.4 is 0 Å². The zero-order valence-corrected chi connectivity index (χ0v) is 10.2. The number of hydrogen-bond acceptors (Lipinski definition) is 5. The Labute approximate surface area is 85.2 Å². The van der Waals surface area contributed by atoms with Gasteiger partial charge in [0.15, 0.2) is 0 Å². The SMILES string of the molecule is CCOP(=O)(OOC(C)C)OC(C)C. The Morgan fingerprint density at radius 2 is 1.71 bits per heavy atom. The standard InChI is InChI=1S/C8H19O5P/c1-6-10-14(9,12-8(4)5)13-11-7(2)3/h7-8H,6H2,1-5H3. The summed E-state index contributed by atoms with van der Waals surface area (Å²) in [4.78, 5) is 4.75. The van der Waals surface area contributed by atoms with Gasteiger partial charge in [-0.3, -0.25) is 9.05 Å². The van der Waals surface area contributed by atoms with Gasteiger partial charge < -0.3 is 0 Å². The maximum absolute atomic E-state index is 11.7. The van der Waals surface area contributed by atoms with Crippen molar-refractivity contribution in [1.82, 2.24) is 0 Å². The van der Waals surface area contributed by atoms with Crippen LogP contribution in [0.3, 0.4) is 0 Å². The molecule has 0 aromatic rings. The van der Waals surface area contributed by atoms with E-state index < -0.39 is 7.82 Å². The molecule has 1 atom stereocenters. The van der Waals surface area contributed by atoms with Gasteiger partial charge in [-0.15, -0.1) is 4.67 Å². The van der Waals surface area contributed by atoms with Crippen molar-refractivity contribution in [3.8, 4) is 0 Å². The van der Waals surface area contributed by atoms with E-state index in [1.165, 1.54) is 0 Å². The minimum absolute atomic E-state index is 0.195. The van der Waals surface area contributed by atoms with Gasteiger partial charge in [-0.25, -0.2) is 9.45 Å². The Morgan fingerprint density at radius 3 is 2.07 bits per heavy atom. The van der Waals surface area contributed by atoms with Gasteiger partial charge in [0, 0.05) is 0 Å². The molecule has 0 amide bonds. The third-order valence-electron chi connectivity index (χ3n) is 0.954. The molecule has 0 saturated carbocycles. The number of rotatable bonds is 7. The molecule has 0 radical (unpaired) electrons. The first kappa shape index (κ1) is 14.1. The average Bonchev–Trinajstić information content (AvgIpc) is 2.00. The van der Waals surface area contributed by atoms with E-state index in [0.29, 0.717) is 0 Å². The zero-order valence-electron chi connectivity index (χ0n) is 9.35.